The average molecular weight is 284 g/mol. The van der Waals surface area contributed by atoms with Crippen molar-refractivity contribution in [2.75, 3.05) is 0 Å². The summed E-state index contributed by atoms with van der Waals surface area (Å²) in [5.74, 6) is -0.528. The van der Waals surface area contributed by atoms with Crippen LogP contribution in [0.4, 0.5) is 8.78 Å². The lowest BCUT2D eigenvalue weighted by molar-refractivity contribution is 0.295. The highest BCUT2D eigenvalue weighted by molar-refractivity contribution is 6.17. The van der Waals surface area contributed by atoms with Crippen molar-refractivity contribution in [2.24, 2.45) is 0 Å². The fraction of sp³-hybridized carbons (Fsp3) is 0.214. The number of benzene rings is 1. The van der Waals surface area contributed by atoms with Crippen LogP contribution >= 0.6 is 11.6 Å². The summed E-state index contributed by atoms with van der Waals surface area (Å²) in [5, 5.41) is 0. The molecule has 2 rings (SSSR count). The van der Waals surface area contributed by atoms with E-state index in [1.807, 2.05) is 6.92 Å². The Hall–Kier alpha value is -1.68. The first-order valence-electron chi connectivity index (χ1n) is 5.69. The molecule has 0 saturated heterocycles. The molecule has 0 unspecified atom stereocenters. The van der Waals surface area contributed by atoms with Crippen LogP contribution in [0.2, 0.25) is 0 Å². The van der Waals surface area contributed by atoms with Gasteiger partial charge in [-0.2, -0.15) is 0 Å². The fourth-order valence-corrected chi connectivity index (χ4v) is 1.81. The Morgan fingerprint density at radius 3 is 2.68 bits per heavy atom. The Balaban J connectivity index is 2.14. The number of halogens is 3. The van der Waals surface area contributed by atoms with Gasteiger partial charge in [-0.15, -0.1) is 11.6 Å². The molecule has 2 nitrogen and oxygen atoms in total. The van der Waals surface area contributed by atoms with E-state index in [0.717, 1.165) is 11.8 Å². The highest BCUT2D eigenvalue weighted by Gasteiger charge is 2.08. The number of hydrogen-bond donors (Lipinski definition) is 0. The summed E-state index contributed by atoms with van der Waals surface area (Å²) in [4.78, 5) is 4.23. The quantitative estimate of drug-likeness (QED) is 0.792. The molecule has 1 aromatic heterocycles. The number of rotatable bonds is 4. The molecule has 0 N–H and O–H groups in total. The van der Waals surface area contributed by atoms with Gasteiger partial charge in [-0.05, 0) is 31.2 Å². The summed E-state index contributed by atoms with van der Waals surface area (Å²) in [6.45, 7) is 1.85. The lowest BCUT2D eigenvalue weighted by Gasteiger charge is -2.10. The molecule has 1 aromatic carbocycles. The molecule has 0 amide bonds. The van der Waals surface area contributed by atoms with Crippen LogP contribution in [0.25, 0.3) is 0 Å². The molecule has 0 saturated carbocycles. The third kappa shape index (κ3) is 3.41. The van der Waals surface area contributed by atoms with Crippen molar-refractivity contribution in [2.45, 2.75) is 19.4 Å². The van der Waals surface area contributed by atoms with E-state index in [-0.39, 0.29) is 18.1 Å². The maximum atomic E-state index is 13.4. The fourth-order valence-electron chi connectivity index (χ4n) is 1.62. The van der Waals surface area contributed by atoms with Crippen molar-refractivity contribution in [1.29, 1.82) is 0 Å². The maximum absolute atomic E-state index is 13.4. The molecule has 0 aliphatic carbocycles. The smallest absolute Gasteiger partial charge is 0.142 e. The number of ether oxygens (including phenoxy) is 1. The Kier molecular flexibility index (Phi) is 4.32. The first kappa shape index (κ1) is 13.7. The van der Waals surface area contributed by atoms with Gasteiger partial charge >= 0.3 is 0 Å². The van der Waals surface area contributed by atoms with Crippen LogP contribution < -0.4 is 4.74 Å². The molecule has 0 bridgehead atoms. The van der Waals surface area contributed by atoms with Gasteiger partial charge in [0.1, 0.15) is 24.0 Å². The topological polar surface area (TPSA) is 22.1 Å². The number of pyridine rings is 1. The maximum Gasteiger partial charge on any atom is 0.142 e. The van der Waals surface area contributed by atoms with Crippen LogP contribution in [-0.4, -0.2) is 4.98 Å². The summed E-state index contributed by atoms with van der Waals surface area (Å²) in [6, 6.07) is 6.90. The zero-order valence-corrected chi connectivity index (χ0v) is 11.0. The van der Waals surface area contributed by atoms with E-state index < -0.39 is 11.6 Å². The molecule has 0 radical (unpaired) electrons. The van der Waals surface area contributed by atoms with E-state index in [1.165, 1.54) is 12.1 Å². The van der Waals surface area contributed by atoms with E-state index in [2.05, 4.69) is 4.98 Å². The predicted molar refractivity (Wildman–Crippen MR) is 69.2 cm³/mol. The van der Waals surface area contributed by atoms with Gasteiger partial charge in [-0.25, -0.2) is 8.78 Å². The molecular formula is C14H12ClF2NO. The van der Waals surface area contributed by atoms with Crippen molar-refractivity contribution >= 4 is 11.6 Å². The average Bonchev–Trinajstić information content (AvgIpc) is 2.39. The Morgan fingerprint density at radius 2 is 2.00 bits per heavy atom. The molecule has 19 heavy (non-hydrogen) atoms. The van der Waals surface area contributed by atoms with Crippen molar-refractivity contribution in [3.05, 3.63) is 58.9 Å². The minimum atomic E-state index is -0.632. The SMILES string of the molecule is Cc1ccc(OCc2ccc(F)cc2F)c(CCl)n1. The van der Waals surface area contributed by atoms with Gasteiger partial charge in [0.15, 0.2) is 0 Å². The largest absolute Gasteiger partial charge is 0.487 e. The number of nitrogens with zero attached hydrogens (tertiary/aromatic N) is 1. The van der Waals surface area contributed by atoms with Gasteiger partial charge in [-0.1, -0.05) is 0 Å². The lowest BCUT2D eigenvalue weighted by atomic mass is 10.2. The van der Waals surface area contributed by atoms with Gasteiger partial charge in [0, 0.05) is 17.3 Å². The second kappa shape index (κ2) is 5.97. The van der Waals surface area contributed by atoms with Crippen LogP contribution in [0.1, 0.15) is 17.0 Å². The molecule has 5 heteroatoms. The Morgan fingerprint density at radius 1 is 1.21 bits per heavy atom. The molecular weight excluding hydrogens is 272 g/mol. The zero-order chi connectivity index (χ0) is 13.8. The number of aromatic nitrogens is 1. The number of hydrogen-bond acceptors (Lipinski definition) is 2. The standard InChI is InChI=1S/C14H12ClF2NO/c1-9-2-5-14(13(7-15)18-9)19-8-10-3-4-11(16)6-12(10)17/h2-6H,7-8H2,1H3. The van der Waals surface area contributed by atoms with E-state index in [9.17, 15) is 8.78 Å². The van der Waals surface area contributed by atoms with Crippen molar-refractivity contribution in [3.8, 4) is 5.75 Å². The number of aryl methyl sites for hydroxylation is 1. The monoisotopic (exact) mass is 283 g/mol. The van der Waals surface area contributed by atoms with Crippen molar-refractivity contribution in [1.82, 2.24) is 4.98 Å². The van der Waals surface area contributed by atoms with E-state index >= 15 is 0 Å². The summed E-state index contributed by atoms with van der Waals surface area (Å²) in [5.41, 5.74) is 1.71. The van der Waals surface area contributed by atoms with Gasteiger partial charge in [-0.3, -0.25) is 4.98 Å². The molecule has 0 spiro atoms. The highest BCUT2D eigenvalue weighted by Crippen LogP contribution is 2.21. The molecule has 0 fully saturated rings. The summed E-state index contributed by atoms with van der Waals surface area (Å²) in [7, 11) is 0. The van der Waals surface area contributed by atoms with E-state index in [1.54, 1.807) is 12.1 Å². The van der Waals surface area contributed by atoms with Gasteiger partial charge < -0.3 is 4.74 Å². The molecule has 0 atom stereocenters. The Labute approximate surface area is 115 Å². The van der Waals surface area contributed by atoms with E-state index in [0.29, 0.717) is 11.4 Å². The first-order valence-corrected chi connectivity index (χ1v) is 6.23. The van der Waals surface area contributed by atoms with Crippen molar-refractivity contribution < 1.29 is 13.5 Å². The third-order valence-corrected chi connectivity index (χ3v) is 2.85. The Bertz CT molecular complexity index is 590. The van der Waals surface area contributed by atoms with Crippen LogP contribution in [-0.2, 0) is 12.5 Å². The van der Waals surface area contributed by atoms with Gasteiger partial charge in [0.05, 0.1) is 11.6 Å². The van der Waals surface area contributed by atoms with Crippen LogP contribution in [0.3, 0.4) is 0 Å². The second-order valence-electron chi connectivity index (χ2n) is 4.06. The molecule has 1 heterocycles. The van der Waals surface area contributed by atoms with E-state index in [4.69, 9.17) is 16.3 Å². The molecule has 0 aliphatic heterocycles. The highest BCUT2D eigenvalue weighted by atomic mass is 35.5. The van der Waals surface area contributed by atoms with Crippen LogP contribution in [0.5, 0.6) is 5.75 Å². The lowest BCUT2D eigenvalue weighted by Crippen LogP contribution is -2.02. The minimum Gasteiger partial charge on any atom is -0.487 e. The zero-order valence-electron chi connectivity index (χ0n) is 10.3. The first-order chi connectivity index (χ1) is 9.10. The number of alkyl halides is 1. The second-order valence-corrected chi connectivity index (χ2v) is 4.32. The summed E-state index contributed by atoms with van der Waals surface area (Å²) in [6.07, 6.45) is 0. The minimum absolute atomic E-state index is 0.000737. The van der Waals surface area contributed by atoms with Crippen molar-refractivity contribution in [3.63, 3.8) is 0 Å². The van der Waals surface area contributed by atoms with Crippen LogP contribution in [0, 0.1) is 18.6 Å². The van der Waals surface area contributed by atoms with Gasteiger partial charge in [0.25, 0.3) is 0 Å². The summed E-state index contributed by atoms with van der Waals surface area (Å²) < 4.78 is 31.7. The predicted octanol–water partition coefficient (Wildman–Crippen LogP) is 3.99. The molecule has 2 aromatic rings. The van der Waals surface area contributed by atoms with Gasteiger partial charge in [0.2, 0.25) is 0 Å². The molecule has 100 valence electrons. The third-order valence-electron chi connectivity index (χ3n) is 2.60. The van der Waals surface area contributed by atoms with Crippen LogP contribution in [0.15, 0.2) is 30.3 Å². The normalized spacial score (nSPS) is 10.5. The molecule has 0 aliphatic rings. The summed E-state index contributed by atoms with van der Waals surface area (Å²) >= 11 is 5.77.